The molecule has 4 atom stereocenters. The van der Waals surface area contributed by atoms with Crippen LogP contribution >= 0.6 is 31.9 Å². The maximum Gasteiger partial charge on any atom is 0.331 e. The average molecular weight is 608 g/mol. The molecular weight excluding hydrogens is 568 g/mol. The second kappa shape index (κ2) is 15.4. The Morgan fingerprint density at radius 3 is 1.27 bits per heavy atom. The highest BCUT2D eigenvalue weighted by atomic mass is 31.2. The lowest BCUT2D eigenvalue weighted by atomic mass is 9.93. The minimum absolute atomic E-state index is 0.0575. The fraction of sp³-hybridized carbons (Fsp3) is 0.905. The molecule has 37 heavy (non-hydrogen) atoms. The second-order valence-corrected chi connectivity index (χ2v) is 17.0. The van der Waals surface area contributed by atoms with Gasteiger partial charge in [0, 0.05) is 12.3 Å². The summed E-state index contributed by atoms with van der Waals surface area (Å²) in [5.74, 6) is 0. The maximum atomic E-state index is 13.1. The zero-order chi connectivity index (χ0) is 27.7. The molecule has 0 aromatic rings. The predicted molar refractivity (Wildman–Crippen MR) is 140 cm³/mol. The molecule has 2 aliphatic rings. The lowest BCUT2D eigenvalue weighted by Crippen LogP contribution is -2.46. The van der Waals surface area contributed by atoms with Crippen molar-refractivity contribution in [1.82, 2.24) is 0 Å². The highest BCUT2D eigenvalue weighted by Gasteiger charge is 2.48. The number of hydrogen-bond acceptors (Lipinski definition) is 12. The van der Waals surface area contributed by atoms with Crippen molar-refractivity contribution in [3.05, 3.63) is 0 Å². The van der Waals surface area contributed by atoms with Crippen LogP contribution in [0.4, 0.5) is 0 Å². The van der Waals surface area contributed by atoms with Crippen molar-refractivity contribution in [3.8, 4) is 0 Å². The van der Waals surface area contributed by atoms with Crippen molar-refractivity contribution >= 4 is 44.5 Å². The normalized spacial score (nSPS) is 31.8. The molecule has 0 saturated carbocycles. The zero-order valence-corrected chi connectivity index (χ0v) is 25.9. The van der Waals surface area contributed by atoms with Crippen molar-refractivity contribution in [2.75, 3.05) is 51.1 Å². The van der Waals surface area contributed by atoms with E-state index in [2.05, 4.69) is 0 Å². The monoisotopic (exact) mass is 608 g/mol. The van der Waals surface area contributed by atoms with Gasteiger partial charge in [0.05, 0.1) is 56.4 Å². The minimum atomic E-state index is -3.41. The molecular formula is C21H40O12P4. The molecule has 0 aromatic heterocycles. The summed E-state index contributed by atoms with van der Waals surface area (Å²) in [7, 11) is -9.73. The van der Waals surface area contributed by atoms with Crippen LogP contribution in [-0.4, -0.2) is 88.1 Å². The van der Waals surface area contributed by atoms with Crippen LogP contribution in [0, 0.1) is 5.41 Å². The Hall–Kier alpha value is 0.340. The van der Waals surface area contributed by atoms with Gasteiger partial charge >= 0.3 is 15.2 Å². The van der Waals surface area contributed by atoms with Gasteiger partial charge in [-0.05, 0) is 41.5 Å². The lowest BCUT2D eigenvalue weighted by molar-refractivity contribution is -0.113. The Morgan fingerprint density at radius 1 is 0.676 bits per heavy atom. The Bertz CT molecular complexity index is 732. The van der Waals surface area contributed by atoms with E-state index in [9.17, 15) is 18.7 Å². The summed E-state index contributed by atoms with van der Waals surface area (Å²) in [6.45, 7) is 10.9. The molecule has 2 rings (SSSR count). The molecule has 1 spiro atoms. The van der Waals surface area contributed by atoms with Gasteiger partial charge in [0.15, 0.2) is 16.8 Å². The number of carbonyl (C=O) groups is 2. The molecule has 0 aromatic carbocycles. The second-order valence-electron chi connectivity index (χ2n) is 9.58. The SMILES string of the molecule is CC(C)OP(CCP1(=O)OCC2(CO1)COP(=O)(CCP(OC(C)C)OC(C)C=O)OC2)OC(C)C=O. The van der Waals surface area contributed by atoms with E-state index in [-0.39, 0.29) is 63.3 Å². The van der Waals surface area contributed by atoms with Crippen molar-refractivity contribution in [1.29, 1.82) is 0 Å². The van der Waals surface area contributed by atoms with Crippen LogP contribution in [-0.2, 0) is 54.9 Å². The predicted octanol–water partition coefficient (Wildman–Crippen LogP) is 5.13. The number of aldehydes is 2. The third-order valence-corrected chi connectivity index (χ3v) is 13.0. The standard InChI is InChI=1S/C21H40O12P4/c1-17(2)30-34(32-19(5)11-22)7-9-36(24)26-13-21(14-27-36)15-28-37(25,29-16-21)10-8-35(31-18(3)4)33-20(6)12-23/h11-12,17-20H,7-10,13-16H2,1-6H3. The molecule has 2 fully saturated rings. The summed E-state index contributed by atoms with van der Waals surface area (Å²) in [6, 6.07) is 0. The molecule has 2 saturated heterocycles. The van der Waals surface area contributed by atoms with Crippen LogP contribution in [0.15, 0.2) is 0 Å². The van der Waals surface area contributed by atoms with Gasteiger partial charge in [-0.2, -0.15) is 0 Å². The summed E-state index contributed by atoms with van der Waals surface area (Å²) in [5.41, 5.74) is -0.731. The molecule has 0 bridgehead atoms. The van der Waals surface area contributed by atoms with Gasteiger partial charge < -0.3 is 45.8 Å². The van der Waals surface area contributed by atoms with Crippen LogP contribution in [0.3, 0.4) is 0 Å². The van der Waals surface area contributed by atoms with Crippen LogP contribution in [0.2, 0.25) is 0 Å². The van der Waals surface area contributed by atoms with E-state index < -0.39 is 49.6 Å². The Morgan fingerprint density at radius 2 is 1.00 bits per heavy atom. The van der Waals surface area contributed by atoms with Gasteiger partial charge in [-0.15, -0.1) is 0 Å². The first kappa shape index (κ1) is 33.5. The third-order valence-electron chi connectivity index (χ3n) is 4.99. The van der Waals surface area contributed by atoms with E-state index >= 15 is 0 Å². The largest absolute Gasteiger partial charge is 0.331 e. The Balaban J connectivity index is 1.85. The van der Waals surface area contributed by atoms with Crippen LogP contribution in [0.25, 0.3) is 0 Å². The van der Waals surface area contributed by atoms with Crippen LogP contribution < -0.4 is 0 Å². The van der Waals surface area contributed by atoms with E-state index in [1.807, 2.05) is 27.7 Å². The molecule has 2 heterocycles. The molecule has 0 N–H and O–H groups in total. The average Bonchev–Trinajstić information content (AvgIpc) is 2.84. The quantitative estimate of drug-likeness (QED) is 0.169. The molecule has 216 valence electrons. The zero-order valence-electron chi connectivity index (χ0n) is 22.3. The maximum absolute atomic E-state index is 13.1. The minimum Gasteiger partial charge on any atom is -0.331 e. The Labute approximate surface area is 222 Å². The van der Waals surface area contributed by atoms with E-state index in [4.69, 9.17) is 36.2 Å². The summed E-state index contributed by atoms with van der Waals surface area (Å²) >= 11 is 0. The highest BCUT2D eigenvalue weighted by molar-refractivity contribution is 7.56. The van der Waals surface area contributed by atoms with Crippen LogP contribution in [0.5, 0.6) is 0 Å². The van der Waals surface area contributed by atoms with Crippen molar-refractivity contribution in [2.24, 2.45) is 5.41 Å². The molecule has 0 radical (unpaired) electrons. The topological polar surface area (TPSA) is 142 Å². The summed E-state index contributed by atoms with van der Waals surface area (Å²) in [4.78, 5) is 21.9. The van der Waals surface area contributed by atoms with Gasteiger partial charge in [-0.1, -0.05) is 0 Å². The number of rotatable bonds is 16. The Kier molecular flexibility index (Phi) is 13.9. The van der Waals surface area contributed by atoms with Crippen molar-refractivity contribution in [3.63, 3.8) is 0 Å². The lowest BCUT2D eigenvalue weighted by Gasteiger charge is -2.43. The van der Waals surface area contributed by atoms with Crippen molar-refractivity contribution in [2.45, 2.75) is 66.0 Å². The fourth-order valence-electron chi connectivity index (χ4n) is 3.08. The molecule has 2 aliphatic heterocycles. The summed E-state index contributed by atoms with van der Waals surface area (Å²) < 4.78 is 71.5. The van der Waals surface area contributed by atoms with Gasteiger partial charge in [0.2, 0.25) is 0 Å². The fourth-order valence-corrected chi connectivity index (χ4v) is 11.2. The van der Waals surface area contributed by atoms with E-state index in [0.29, 0.717) is 12.6 Å². The first-order chi connectivity index (χ1) is 17.3. The number of hydrogen-bond donors (Lipinski definition) is 0. The summed E-state index contributed by atoms with van der Waals surface area (Å²) in [6.07, 6.45) is 0.554. The summed E-state index contributed by atoms with van der Waals surface area (Å²) in [5, 5.41) is 0. The van der Waals surface area contributed by atoms with Gasteiger partial charge in [0.25, 0.3) is 0 Å². The molecule has 16 heteroatoms. The van der Waals surface area contributed by atoms with Gasteiger partial charge in [-0.25, -0.2) is 0 Å². The van der Waals surface area contributed by atoms with Gasteiger partial charge in [-0.3, -0.25) is 9.13 Å². The molecule has 4 unspecified atom stereocenters. The van der Waals surface area contributed by atoms with E-state index in [1.54, 1.807) is 13.8 Å². The van der Waals surface area contributed by atoms with Crippen molar-refractivity contribution < 1.29 is 54.9 Å². The van der Waals surface area contributed by atoms with Crippen LogP contribution in [0.1, 0.15) is 41.5 Å². The molecule has 12 nitrogen and oxygen atoms in total. The molecule has 0 amide bonds. The first-order valence-electron chi connectivity index (χ1n) is 12.2. The van der Waals surface area contributed by atoms with E-state index in [0.717, 1.165) is 0 Å². The highest BCUT2D eigenvalue weighted by Crippen LogP contribution is 2.61. The third kappa shape index (κ3) is 11.8. The molecule has 0 aliphatic carbocycles. The first-order valence-corrected chi connectivity index (χ1v) is 18.4. The number of carbonyl (C=O) groups excluding carboxylic acids is 2. The van der Waals surface area contributed by atoms with Gasteiger partial charge in [0.1, 0.15) is 24.8 Å². The smallest absolute Gasteiger partial charge is 0.331 e. The van der Waals surface area contributed by atoms with E-state index in [1.165, 1.54) is 0 Å².